The van der Waals surface area contributed by atoms with E-state index >= 15 is 0 Å². The maximum Gasteiger partial charge on any atom is 0.418 e. The van der Waals surface area contributed by atoms with Crippen molar-refractivity contribution in [3.63, 3.8) is 0 Å². The largest absolute Gasteiger partial charge is 0.418 e. The maximum atomic E-state index is 13.8. The lowest BCUT2D eigenvalue weighted by molar-refractivity contribution is -0.136. The summed E-state index contributed by atoms with van der Waals surface area (Å²) in [5.74, 6) is -0.309. The molecule has 0 saturated carbocycles. The van der Waals surface area contributed by atoms with Crippen LogP contribution in [0.25, 0.3) is 11.0 Å². The summed E-state index contributed by atoms with van der Waals surface area (Å²) in [6.07, 6.45) is 2.24. The molecule has 0 fully saturated rings. The van der Waals surface area contributed by atoms with Crippen LogP contribution in [-0.4, -0.2) is 53.7 Å². The van der Waals surface area contributed by atoms with Gasteiger partial charge in [-0.3, -0.25) is 4.79 Å². The minimum absolute atomic E-state index is 0.0864. The van der Waals surface area contributed by atoms with Gasteiger partial charge in [-0.05, 0) is 29.8 Å². The maximum absolute atomic E-state index is 13.8. The van der Waals surface area contributed by atoms with Gasteiger partial charge in [-0.1, -0.05) is 6.07 Å². The van der Waals surface area contributed by atoms with Gasteiger partial charge < -0.3 is 14.6 Å². The van der Waals surface area contributed by atoms with Crippen LogP contribution in [0.4, 0.5) is 13.2 Å². The van der Waals surface area contributed by atoms with Gasteiger partial charge in [0.1, 0.15) is 6.04 Å². The van der Waals surface area contributed by atoms with Crippen molar-refractivity contribution < 1.29 is 22.7 Å². The summed E-state index contributed by atoms with van der Waals surface area (Å²) < 4.78 is 48.9. The van der Waals surface area contributed by atoms with Crippen molar-refractivity contribution in [2.75, 3.05) is 13.7 Å². The lowest BCUT2D eigenvalue weighted by atomic mass is 9.98. The Labute approximate surface area is 202 Å². The van der Waals surface area contributed by atoms with Gasteiger partial charge >= 0.3 is 6.18 Å². The van der Waals surface area contributed by atoms with E-state index in [1.165, 1.54) is 35.4 Å². The van der Waals surface area contributed by atoms with E-state index in [0.717, 1.165) is 17.3 Å². The van der Waals surface area contributed by atoms with E-state index in [2.05, 4.69) is 20.2 Å². The zero-order valence-corrected chi connectivity index (χ0v) is 19.0. The van der Waals surface area contributed by atoms with Gasteiger partial charge in [0.05, 0.1) is 52.7 Å². The predicted octanol–water partition coefficient (Wildman–Crippen LogP) is 3.66. The SMILES string of the molecule is COCc1ccc2c(C(=O)N3CCc4[nH]cnc4C3c3cc4c(C(F)(F)F)cccn4n3)cnn2c1. The Morgan fingerprint density at radius 3 is 2.89 bits per heavy atom. The third-order valence-corrected chi connectivity index (χ3v) is 6.41. The molecule has 5 aromatic rings. The first-order valence-corrected chi connectivity index (χ1v) is 11.2. The fourth-order valence-electron chi connectivity index (χ4n) is 4.80. The molecule has 1 N–H and O–H groups in total. The fraction of sp³-hybridized carbons (Fsp3) is 0.250. The van der Waals surface area contributed by atoms with Crippen LogP contribution >= 0.6 is 0 Å². The molecule has 0 radical (unpaired) electrons. The molecule has 36 heavy (non-hydrogen) atoms. The van der Waals surface area contributed by atoms with Crippen LogP contribution in [0.15, 0.2) is 55.2 Å². The number of ether oxygens (including phenoxy) is 1. The van der Waals surface area contributed by atoms with Crippen LogP contribution in [0.1, 0.15) is 44.6 Å². The lowest BCUT2D eigenvalue weighted by Crippen LogP contribution is -2.41. The van der Waals surface area contributed by atoms with Gasteiger partial charge in [0.25, 0.3) is 5.91 Å². The number of carbonyl (C=O) groups excluding carboxylic acids is 1. The molecule has 12 heteroatoms. The number of carbonyl (C=O) groups is 1. The van der Waals surface area contributed by atoms with Crippen LogP contribution in [0, 0.1) is 0 Å². The zero-order chi connectivity index (χ0) is 25.0. The van der Waals surface area contributed by atoms with Crippen molar-refractivity contribution >= 4 is 16.9 Å². The first-order valence-electron chi connectivity index (χ1n) is 11.2. The monoisotopic (exact) mass is 495 g/mol. The molecule has 6 heterocycles. The van der Waals surface area contributed by atoms with Crippen LogP contribution < -0.4 is 0 Å². The number of fused-ring (bicyclic) bond motifs is 3. The molecule has 0 spiro atoms. The number of imidazole rings is 1. The number of methoxy groups -OCH3 is 1. The highest BCUT2D eigenvalue weighted by molar-refractivity contribution is 6.01. The van der Waals surface area contributed by atoms with Crippen LogP contribution in [-0.2, 0) is 23.9 Å². The third kappa shape index (κ3) is 3.52. The van der Waals surface area contributed by atoms with E-state index in [1.54, 1.807) is 28.8 Å². The van der Waals surface area contributed by atoms with Crippen molar-refractivity contribution in [2.45, 2.75) is 25.2 Å². The van der Waals surface area contributed by atoms with E-state index in [0.29, 0.717) is 42.0 Å². The van der Waals surface area contributed by atoms with Gasteiger partial charge in [0.15, 0.2) is 0 Å². The van der Waals surface area contributed by atoms with E-state index in [-0.39, 0.29) is 11.4 Å². The average molecular weight is 495 g/mol. The minimum atomic E-state index is -4.54. The van der Waals surface area contributed by atoms with Crippen molar-refractivity contribution in [3.05, 3.63) is 89.0 Å². The molecule has 184 valence electrons. The highest BCUT2D eigenvalue weighted by Gasteiger charge is 2.39. The van der Waals surface area contributed by atoms with E-state index in [9.17, 15) is 18.0 Å². The summed E-state index contributed by atoms with van der Waals surface area (Å²) >= 11 is 0. The lowest BCUT2D eigenvalue weighted by Gasteiger charge is -2.33. The van der Waals surface area contributed by atoms with E-state index in [1.807, 2.05) is 6.07 Å². The van der Waals surface area contributed by atoms with Gasteiger partial charge in [-0.2, -0.15) is 23.4 Å². The Kier molecular flexibility index (Phi) is 5.07. The number of nitrogens with zero attached hydrogens (tertiary/aromatic N) is 6. The van der Waals surface area contributed by atoms with Crippen LogP contribution in [0.3, 0.4) is 0 Å². The summed E-state index contributed by atoms with van der Waals surface area (Å²) in [4.78, 5) is 22.9. The molecule has 0 bridgehead atoms. The van der Waals surface area contributed by atoms with Gasteiger partial charge in [-0.25, -0.2) is 14.0 Å². The second-order valence-corrected chi connectivity index (χ2v) is 8.59. The number of halogens is 3. The van der Waals surface area contributed by atoms with Crippen molar-refractivity contribution in [1.29, 1.82) is 0 Å². The molecular weight excluding hydrogens is 475 g/mol. The standard InChI is InChI=1S/C24H20F3N7O2/c1-36-12-14-4-5-19-15(10-30-34(19)11-14)23(35)32-8-6-17-21(29-13-28-17)22(32)18-9-20-16(24(25,26)27)3-2-7-33(20)31-18/h2-5,7,9-11,13,22H,6,8,12H2,1H3,(H,28,29). The quantitative estimate of drug-likeness (QED) is 0.411. The normalized spacial score (nSPS) is 16.1. The van der Waals surface area contributed by atoms with Crippen molar-refractivity contribution in [3.8, 4) is 0 Å². The molecule has 0 saturated heterocycles. The Bertz CT molecular complexity index is 1600. The molecule has 1 aliphatic rings. The highest BCUT2D eigenvalue weighted by Crippen LogP contribution is 2.37. The fourth-order valence-corrected chi connectivity index (χ4v) is 4.80. The first-order chi connectivity index (χ1) is 17.3. The Balaban J connectivity index is 1.45. The van der Waals surface area contributed by atoms with E-state index < -0.39 is 17.8 Å². The Hall–Kier alpha value is -4.19. The van der Waals surface area contributed by atoms with Gasteiger partial charge in [0, 0.05) is 38.2 Å². The predicted molar refractivity (Wildman–Crippen MR) is 121 cm³/mol. The van der Waals surface area contributed by atoms with Crippen LogP contribution in [0.2, 0.25) is 0 Å². The van der Waals surface area contributed by atoms with Gasteiger partial charge in [0.2, 0.25) is 0 Å². The summed E-state index contributed by atoms with van der Waals surface area (Å²) in [6, 6.07) is 6.58. The summed E-state index contributed by atoms with van der Waals surface area (Å²) in [7, 11) is 1.60. The summed E-state index contributed by atoms with van der Waals surface area (Å²) in [6.45, 7) is 0.737. The molecule has 6 rings (SSSR count). The Morgan fingerprint density at radius 1 is 1.22 bits per heavy atom. The molecule has 1 aliphatic heterocycles. The highest BCUT2D eigenvalue weighted by atomic mass is 19.4. The molecule has 0 aromatic carbocycles. The molecular formula is C24H20F3N7O2. The number of H-pyrrole nitrogens is 1. The number of aromatic nitrogens is 6. The number of alkyl halides is 3. The molecule has 9 nitrogen and oxygen atoms in total. The smallest absolute Gasteiger partial charge is 0.380 e. The third-order valence-electron chi connectivity index (χ3n) is 6.41. The number of rotatable bonds is 4. The number of aromatic amines is 1. The topological polar surface area (TPSA) is 92.8 Å². The Morgan fingerprint density at radius 2 is 2.08 bits per heavy atom. The number of nitrogens with one attached hydrogen (secondary N) is 1. The van der Waals surface area contributed by atoms with Crippen molar-refractivity contribution in [1.82, 2.24) is 34.1 Å². The zero-order valence-electron chi connectivity index (χ0n) is 19.0. The second kappa shape index (κ2) is 8.19. The number of hydrogen-bond donors (Lipinski definition) is 1. The first kappa shape index (κ1) is 22.3. The minimum Gasteiger partial charge on any atom is -0.380 e. The molecule has 1 atom stereocenters. The molecule has 1 unspecified atom stereocenters. The number of hydrogen-bond acceptors (Lipinski definition) is 5. The molecule has 1 amide bonds. The summed E-state index contributed by atoms with van der Waals surface area (Å²) in [5, 5.41) is 8.76. The molecule has 5 aromatic heterocycles. The van der Waals surface area contributed by atoms with Crippen molar-refractivity contribution in [2.24, 2.45) is 0 Å². The van der Waals surface area contributed by atoms with Crippen LogP contribution in [0.5, 0.6) is 0 Å². The number of amides is 1. The number of pyridine rings is 2. The average Bonchev–Trinajstić information content (AvgIpc) is 3.59. The van der Waals surface area contributed by atoms with E-state index in [4.69, 9.17) is 4.74 Å². The second-order valence-electron chi connectivity index (χ2n) is 8.59. The summed E-state index contributed by atoms with van der Waals surface area (Å²) in [5.41, 5.74) is 2.68. The molecule has 0 aliphatic carbocycles. The van der Waals surface area contributed by atoms with Gasteiger partial charge in [-0.15, -0.1) is 0 Å².